The monoisotopic (exact) mass is 288 g/mol. The average Bonchev–Trinajstić information content (AvgIpc) is 2.37. The van der Waals surface area contributed by atoms with Crippen LogP contribution in [-0.4, -0.2) is 18.9 Å². The maximum atomic E-state index is 11.2. The minimum atomic E-state index is -0.774. The van der Waals surface area contributed by atoms with E-state index in [4.69, 9.17) is 23.2 Å². The summed E-state index contributed by atoms with van der Waals surface area (Å²) in [4.78, 5) is 22.0. The molecule has 1 aromatic carbocycles. The predicted molar refractivity (Wildman–Crippen MR) is 71.0 cm³/mol. The molecule has 5 heteroatoms. The second-order valence-corrected chi connectivity index (χ2v) is 4.68. The molecule has 0 N–H and O–H groups in total. The topological polar surface area (TPSA) is 43.4 Å². The number of carbonyl (C=O) groups is 2. The number of ketones is 1. The van der Waals surface area contributed by atoms with Crippen molar-refractivity contribution in [1.29, 1.82) is 0 Å². The van der Waals surface area contributed by atoms with Gasteiger partial charge in [0, 0.05) is 6.42 Å². The van der Waals surface area contributed by atoms with E-state index in [1.165, 1.54) is 7.11 Å². The zero-order valence-electron chi connectivity index (χ0n) is 10.0. The van der Waals surface area contributed by atoms with Crippen LogP contribution in [0.5, 0.6) is 0 Å². The van der Waals surface area contributed by atoms with Crippen LogP contribution in [0, 0.1) is 0 Å². The number of hydrogen-bond donors (Lipinski definition) is 0. The van der Waals surface area contributed by atoms with Crippen molar-refractivity contribution < 1.29 is 14.3 Å². The molecule has 0 radical (unpaired) electrons. The van der Waals surface area contributed by atoms with Gasteiger partial charge in [-0.05, 0) is 37.0 Å². The molecule has 0 bridgehead atoms. The van der Waals surface area contributed by atoms with Crippen LogP contribution in [-0.2, 0) is 20.7 Å². The number of carbonyl (C=O) groups excluding carboxylic acids is 2. The fourth-order valence-electron chi connectivity index (χ4n) is 1.53. The van der Waals surface area contributed by atoms with Crippen LogP contribution in [0.2, 0.25) is 10.0 Å². The maximum Gasteiger partial charge on any atom is 0.374 e. The van der Waals surface area contributed by atoms with Gasteiger partial charge in [-0.25, -0.2) is 4.79 Å². The molecule has 0 saturated carbocycles. The Balaban J connectivity index is 2.32. The van der Waals surface area contributed by atoms with Gasteiger partial charge in [0.25, 0.3) is 0 Å². The predicted octanol–water partition coefficient (Wildman–Crippen LogP) is 3.45. The van der Waals surface area contributed by atoms with Gasteiger partial charge in [0.2, 0.25) is 5.78 Å². The summed E-state index contributed by atoms with van der Waals surface area (Å²) >= 11 is 11.7. The van der Waals surface area contributed by atoms with Crippen molar-refractivity contribution in [2.45, 2.75) is 25.7 Å². The molecular formula is C13H14Cl2O3. The molecule has 0 amide bonds. The highest BCUT2D eigenvalue weighted by molar-refractivity contribution is 6.42. The molecular weight excluding hydrogens is 275 g/mol. The minimum Gasteiger partial charge on any atom is -0.463 e. The zero-order valence-corrected chi connectivity index (χ0v) is 11.6. The SMILES string of the molecule is COC(=O)C(=O)CCCCc1ccc(Cl)c(Cl)c1. The molecule has 0 aromatic heterocycles. The first-order valence-electron chi connectivity index (χ1n) is 5.59. The molecule has 0 unspecified atom stereocenters. The molecule has 0 spiro atoms. The number of benzene rings is 1. The Hall–Kier alpha value is -1.06. The van der Waals surface area contributed by atoms with Gasteiger partial charge < -0.3 is 4.74 Å². The van der Waals surface area contributed by atoms with Gasteiger partial charge in [-0.2, -0.15) is 0 Å². The summed E-state index contributed by atoms with van der Waals surface area (Å²) < 4.78 is 4.34. The summed E-state index contributed by atoms with van der Waals surface area (Å²) in [6, 6.07) is 5.46. The molecule has 0 aliphatic rings. The van der Waals surface area contributed by atoms with E-state index in [0.29, 0.717) is 16.5 Å². The molecule has 0 aliphatic heterocycles. The van der Waals surface area contributed by atoms with Gasteiger partial charge >= 0.3 is 5.97 Å². The number of aryl methyl sites for hydroxylation is 1. The summed E-state index contributed by atoms with van der Waals surface area (Å²) in [7, 11) is 1.20. The standard InChI is InChI=1S/C13H14Cl2O3/c1-18-13(17)12(16)5-3-2-4-9-6-7-10(14)11(15)8-9/h6-8H,2-5H2,1H3. The molecule has 3 nitrogen and oxygen atoms in total. The minimum absolute atomic E-state index is 0.216. The van der Waals surface area contributed by atoms with E-state index in [1.54, 1.807) is 6.07 Å². The largest absolute Gasteiger partial charge is 0.463 e. The van der Waals surface area contributed by atoms with Crippen LogP contribution in [0.3, 0.4) is 0 Å². The fourth-order valence-corrected chi connectivity index (χ4v) is 1.85. The third-order valence-electron chi connectivity index (χ3n) is 2.52. The second-order valence-electron chi connectivity index (χ2n) is 3.87. The Morgan fingerprint density at radius 1 is 1.17 bits per heavy atom. The molecule has 0 atom stereocenters. The molecule has 18 heavy (non-hydrogen) atoms. The van der Waals surface area contributed by atoms with E-state index >= 15 is 0 Å². The Morgan fingerprint density at radius 2 is 1.89 bits per heavy atom. The molecule has 98 valence electrons. The van der Waals surface area contributed by atoms with Crippen LogP contribution < -0.4 is 0 Å². The first kappa shape index (κ1) is 15.0. The van der Waals surface area contributed by atoms with E-state index < -0.39 is 11.8 Å². The summed E-state index contributed by atoms with van der Waals surface area (Å²) in [6.45, 7) is 0. The number of rotatable bonds is 6. The molecule has 1 aromatic rings. The van der Waals surface area contributed by atoms with Gasteiger partial charge in [0.1, 0.15) is 0 Å². The fraction of sp³-hybridized carbons (Fsp3) is 0.385. The normalized spacial score (nSPS) is 10.2. The van der Waals surface area contributed by atoms with Crippen molar-refractivity contribution in [2.75, 3.05) is 7.11 Å². The number of ether oxygens (including phenoxy) is 1. The van der Waals surface area contributed by atoms with E-state index in [9.17, 15) is 9.59 Å². The van der Waals surface area contributed by atoms with Gasteiger partial charge in [-0.1, -0.05) is 29.3 Å². The van der Waals surface area contributed by atoms with Gasteiger partial charge in [0.05, 0.1) is 17.2 Å². The van der Waals surface area contributed by atoms with Gasteiger partial charge in [0.15, 0.2) is 0 Å². The van der Waals surface area contributed by atoms with Gasteiger partial charge in [-0.15, -0.1) is 0 Å². The number of unbranched alkanes of at least 4 members (excludes halogenated alkanes) is 1. The smallest absolute Gasteiger partial charge is 0.374 e. The lowest BCUT2D eigenvalue weighted by Gasteiger charge is -2.03. The maximum absolute atomic E-state index is 11.2. The quantitative estimate of drug-likeness (QED) is 0.457. The van der Waals surface area contributed by atoms with Crippen LogP contribution in [0.15, 0.2) is 18.2 Å². The summed E-state index contributed by atoms with van der Waals surface area (Å²) in [6.07, 6.45) is 2.47. The van der Waals surface area contributed by atoms with E-state index in [0.717, 1.165) is 18.4 Å². The van der Waals surface area contributed by atoms with Crippen LogP contribution >= 0.6 is 23.2 Å². The third-order valence-corrected chi connectivity index (χ3v) is 3.26. The van der Waals surface area contributed by atoms with Gasteiger partial charge in [-0.3, -0.25) is 4.79 Å². The lowest BCUT2D eigenvalue weighted by Crippen LogP contribution is -2.14. The van der Waals surface area contributed by atoms with Crippen molar-refractivity contribution in [1.82, 2.24) is 0 Å². The van der Waals surface area contributed by atoms with Crippen molar-refractivity contribution in [3.8, 4) is 0 Å². The van der Waals surface area contributed by atoms with Crippen molar-refractivity contribution in [2.24, 2.45) is 0 Å². The molecule has 0 aliphatic carbocycles. The Morgan fingerprint density at radius 3 is 2.50 bits per heavy atom. The average molecular weight is 289 g/mol. The Kier molecular flexibility index (Phi) is 6.16. The molecule has 0 fully saturated rings. The number of esters is 1. The Labute approximate surface area is 116 Å². The molecule has 1 rings (SSSR count). The van der Waals surface area contributed by atoms with E-state index in [-0.39, 0.29) is 6.42 Å². The first-order valence-corrected chi connectivity index (χ1v) is 6.35. The van der Waals surface area contributed by atoms with E-state index in [2.05, 4.69) is 4.74 Å². The number of halogens is 2. The number of methoxy groups -OCH3 is 1. The summed E-state index contributed by atoms with van der Waals surface area (Å²) in [5, 5.41) is 1.06. The van der Waals surface area contributed by atoms with Crippen molar-refractivity contribution >= 4 is 35.0 Å². The third kappa shape index (κ3) is 4.67. The lowest BCUT2D eigenvalue weighted by molar-refractivity contribution is -0.151. The summed E-state index contributed by atoms with van der Waals surface area (Å²) in [5.41, 5.74) is 1.06. The zero-order chi connectivity index (χ0) is 13.5. The van der Waals surface area contributed by atoms with Crippen LogP contribution in [0.25, 0.3) is 0 Å². The van der Waals surface area contributed by atoms with Crippen LogP contribution in [0.4, 0.5) is 0 Å². The second kappa shape index (κ2) is 7.39. The molecule has 0 saturated heterocycles. The van der Waals surface area contributed by atoms with Crippen molar-refractivity contribution in [3.05, 3.63) is 33.8 Å². The Bertz CT molecular complexity index is 444. The highest BCUT2D eigenvalue weighted by Crippen LogP contribution is 2.23. The van der Waals surface area contributed by atoms with Crippen molar-refractivity contribution in [3.63, 3.8) is 0 Å². The first-order chi connectivity index (χ1) is 8.54. The van der Waals surface area contributed by atoms with E-state index in [1.807, 2.05) is 12.1 Å². The van der Waals surface area contributed by atoms with Crippen LogP contribution in [0.1, 0.15) is 24.8 Å². The summed E-state index contributed by atoms with van der Waals surface area (Å²) in [5.74, 6) is -1.25. The molecule has 0 heterocycles. The number of hydrogen-bond acceptors (Lipinski definition) is 3. The number of Topliss-reactive ketones (excluding diaryl/α,β-unsaturated/α-hetero) is 1. The highest BCUT2D eigenvalue weighted by atomic mass is 35.5. The lowest BCUT2D eigenvalue weighted by atomic mass is 10.1. The highest BCUT2D eigenvalue weighted by Gasteiger charge is 2.12.